The highest BCUT2D eigenvalue weighted by Gasteiger charge is 2.02. The van der Waals surface area contributed by atoms with Gasteiger partial charge in [-0.25, -0.2) is 9.37 Å². The summed E-state index contributed by atoms with van der Waals surface area (Å²) in [5.41, 5.74) is 1.46. The zero-order valence-electron chi connectivity index (χ0n) is 9.78. The summed E-state index contributed by atoms with van der Waals surface area (Å²) in [4.78, 5) is 4.24. The zero-order chi connectivity index (χ0) is 13.0. The Labute approximate surface area is 110 Å². The van der Waals surface area contributed by atoms with Gasteiger partial charge in [0.1, 0.15) is 5.82 Å². The van der Waals surface area contributed by atoms with Crippen LogP contribution in [0.3, 0.4) is 0 Å². The van der Waals surface area contributed by atoms with Crippen molar-refractivity contribution in [1.29, 1.82) is 0 Å². The van der Waals surface area contributed by atoms with E-state index in [4.69, 9.17) is 16.3 Å². The van der Waals surface area contributed by atoms with E-state index in [1.54, 1.807) is 19.2 Å². The molecule has 0 radical (unpaired) electrons. The van der Waals surface area contributed by atoms with Crippen molar-refractivity contribution in [2.75, 3.05) is 12.4 Å². The molecule has 0 fully saturated rings. The average Bonchev–Trinajstić information content (AvgIpc) is 2.40. The topological polar surface area (TPSA) is 34.1 Å². The van der Waals surface area contributed by atoms with E-state index in [1.165, 1.54) is 12.1 Å². The van der Waals surface area contributed by atoms with E-state index < -0.39 is 5.82 Å². The average molecular weight is 267 g/mol. The SMILES string of the molecule is COc1cccc(CNc2ccc(Cl)c(F)c2)n1. The molecule has 1 aromatic carbocycles. The van der Waals surface area contributed by atoms with Crippen LogP contribution in [0.15, 0.2) is 36.4 Å². The number of nitrogens with one attached hydrogen (secondary N) is 1. The molecule has 0 atom stereocenters. The lowest BCUT2D eigenvalue weighted by molar-refractivity contribution is 0.396. The van der Waals surface area contributed by atoms with Crippen LogP contribution in [0, 0.1) is 5.82 Å². The molecule has 2 aromatic rings. The fourth-order valence-corrected chi connectivity index (χ4v) is 1.59. The Balaban J connectivity index is 2.04. The summed E-state index contributed by atoms with van der Waals surface area (Å²) < 4.78 is 18.2. The van der Waals surface area contributed by atoms with Gasteiger partial charge in [-0.2, -0.15) is 0 Å². The largest absolute Gasteiger partial charge is 0.481 e. The standard InChI is InChI=1S/C13H12ClFN2O/c1-18-13-4-2-3-10(17-13)8-16-9-5-6-11(14)12(15)7-9/h2-7,16H,8H2,1H3. The van der Waals surface area contributed by atoms with Crippen molar-refractivity contribution in [3.8, 4) is 5.88 Å². The second-order valence-corrected chi connectivity index (χ2v) is 4.06. The van der Waals surface area contributed by atoms with Crippen LogP contribution in [-0.4, -0.2) is 12.1 Å². The summed E-state index contributed by atoms with van der Waals surface area (Å²) in [5, 5.41) is 3.17. The molecule has 1 N–H and O–H groups in total. The number of methoxy groups -OCH3 is 1. The first-order chi connectivity index (χ1) is 8.69. The van der Waals surface area contributed by atoms with Gasteiger partial charge < -0.3 is 10.1 Å². The number of halogens is 2. The first-order valence-corrected chi connectivity index (χ1v) is 5.75. The maximum atomic E-state index is 13.2. The monoisotopic (exact) mass is 266 g/mol. The number of nitrogens with zero attached hydrogens (tertiary/aromatic N) is 1. The number of ether oxygens (including phenoxy) is 1. The fourth-order valence-electron chi connectivity index (χ4n) is 1.47. The Bertz CT molecular complexity index is 548. The molecule has 5 heteroatoms. The number of anilines is 1. The molecule has 0 bridgehead atoms. The molecular formula is C13H12ClFN2O. The lowest BCUT2D eigenvalue weighted by Crippen LogP contribution is -2.02. The Kier molecular flexibility index (Phi) is 3.99. The first-order valence-electron chi connectivity index (χ1n) is 5.38. The van der Waals surface area contributed by atoms with Gasteiger partial charge in [-0.15, -0.1) is 0 Å². The molecule has 2 rings (SSSR count). The molecule has 0 aliphatic carbocycles. The van der Waals surface area contributed by atoms with Crippen molar-refractivity contribution < 1.29 is 9.13 Å². The van der Waals surface area contributed by atoms with Crippen molar-refractivity contribution in [3.63, 3.8) is 0 Å². The molecule has 0 saturated carbocycles. The first kappa shape index (κ1) is 12.6. The lowest BCUT2D eigenvalue weighted by atomic mass is 10.3. The predicted octanol–water partition coefficient (Wildman–Crippen LogP) is 3.49. The van der Waals surface area contributed by atoms with Crippen LogP contribution in [0.25, 0.3) is 0 Å². The van der Waals surface area contributed by atoms with Gasteiger partial charge in [0.2, 0.25) is 5.88 Å². The van der Waals surface area contributed by atoms with Crippen LogP contribution in [0.5, 0.6) is 5.88 Å². The second-order valence-electron chi connectivity index (χ2n) is 3.65. The third kappa shape index (κ3) is 3.11. The molecule has 0 spiro atoms. The minimum atomic E-state index is -0.444. The predicted molar refractivity (Wildman–Crippen MR) is 69.5 cm³/mol. The number of aromatic nitrogens is 1. The van der Waals surface area contributed by atoms with Crippen LogP contribution < -0.4 is 10.1 Å². The summed E-state index contributed by atoms with van der Waals surface area (Å²) in [5.74, 6) is 0.108. The molecule has 0 saturated heterocycles. The summed E-state index contributed by atoms with van der Waals surface area (Å²) in [6.45, 7) is 0.484. The Morgan fingerprint density at radius 2 is 2.17 bits per heavy atom. The van der Waals surface area contributed by atoms with Crippen molar-refractivity contribution >= 4 is 17.3 Å². The lowest BCUT2D eigenvalue weighted by Gasteiger charge is -2.07. The molecule has 1 aromatic heterocycles. The van der Waals surface area contributed by atoms with Crippen LogP contribution in [0.2, 0.25) is 5.02 Å². The number of pyridine rings is 1. The molecule has 0 aliphatic rings. The molecule has 3 nitrogen and oxygen atoms in total. The van der Waals surface area contributed by atoms with Gasteiger partial charge in [0.15, 0.2) is 0 Å². The Hall–Kier alpha value is -1.81. The molecule has 0 amide bonds. The van der Waals surface area contributed by atoms with Gasteiger partial charge in [-0.3, -0.25) is 0 Å². The van der Waals surface area contributed by atoms with Crippen molar-refractivity contribution in [2.45, 2.75) is 6.54 Å². The summed E-state index contributed by atoms with van der Waals surface area (Å²) in [6.07, 6.45) is 0. The van der Waals surface area contributed by atoms with Gasteiger partial charge in [-0.05, 0) is 24.3 Å². The van der Waals surface area contributed by atoms with Crippen molar-refractivity contribution in [3.05, 3.63) is 52.9 Å². The van der Waals surface area contributed by atoms with E-state index in [9.17, 15) is 4.39 Å². The molecule has 0 aliphatic heterocycles. The van der Waals surface area contributed by atoms with E-state index in [-0.39, 0.29) is 5.02 Å². The van der Waals surface area contributed by atoms with E-state index in [1.807, 2.05) is 12.1 Å². The highest BCUT2D eigenvalue weighted by molar-refractivity contribution is 6.30. The van der Waals surface area contributed by atoms with Gasteiger partial charge in [-0.1, -0.05) is 17.7 Å². The third-order valence-corrected chi connectivity index (χ3v) is 2.69. The number of hydrogen-bond donors (Lipinski definition) is 1. The summed E-state index contributed by atoms with van der Waals surface area (Å²) in [7, 11) is 1.56. The van der Waals surface area contributed by atoms with Crippen molar-refractivity contribution in [1.82, 2.24) is 4.98 Å². The van der Waals surface area contributed by atoms with Crippen molar-refractivity contribution in [2.24, 2.45) is 0 Å². The smallest absolute Gasteiger partial charge is 0.213 e. The normalized spacial score (nSPS) is 10.2. The molecule has 0 unspecified atom stereocenters. The molecule has 94 valence electrons. The number of rotatable bonds is 4. The minimum Gasteiger partial charge on any atom is -0.481 e. The van der Waals surface area contributed by atoms with E-state index >= 15 is 0 Å². The Morgan fingerprint density at radius 1 is 1.33 bits per heavy atom. The maximum Gasteiger partial charge on any atom is 0.213 e. The fraction of sp³-hybridized carbons (Fsp3) is 0.154. The number of hydrogen-bond acceptors (Lipinski definition) is 3. The minimum absolute atomic E-state index is 0.111. The van der Waals surface area contributed by atoms with Crippen LogP contribution in [0.4, 0.5) is 10.1 Å². The summed E-state index contributed by atoms with van der Waals surface area (Å²) in [6, 6.07) is 10.1. The summed E-state index contributed by atoms with van der Waals surface area (Å²) >= 11 is 5.61. The van der Waals surface area contributed by atoms with E-state index in [2.05, 4.69) is 10.3 Å². The molecule has 18 heavy (non-hydrogen) atoms. The van der Waals surface area contributed by atoms with Crippen LogP contribution >= 0.6 is 11.6 Å². The zero-order valence-corrected chi connectivity index (χ0v) is 10.5. The quantitative estimate of drug-likeness (QED) is 0.920. The van der Waals surface area contributed by atoms with Gasteiger partial charge >= 0.3 is 0 Å². The van der Waals surface area contributed by atoms with E-state index in [0.29, 0.717) is 18.1 Å². The number of benzene rings is 1. The maximum absolute atomic E-state index is 13.2. The highest BCUT2D eigenvalue weighted by Crippen LogP contribution is 2.19. The second kappa shape index (κ2) is 5.69. The highest BCUT2D eigenvalue weighted by atomic mass is 35.5. The van der Waals surface area contributed by atoms with Crippen LogP contribution in [0.1, 0.15) is 5.69 Å². The van der Waals surface area contributed by atoms with E-state index in [0.717, 1.165) is 5.69 Å². The van der Waals surface area contributed by atoms with Crippen LogP contribution in [-0.2, 0) is 6.54 Å². The van der Waals surface area contributed by atoms with Gasteiger partial charge in [0.05, 0.1) is 24.4 Å². The van der Waals surface area contributed by atoms with Gasteiger partial charge in [0, 0.05) is 11.8 Å². The van der Waals surface area contributed by atoms with Gasteiger partial charge in [0.25, 0.3) is 0 Å². The third-order valence-electron chi connectivity index (χ3n) is 2.38. The Morgan fingerprint density at radius 3 is 2.89 bits per heavy atom. The molecular weight excluding hydrogens is 255 g/mol. The molecule has 1 heterocycles.